The van der Waals surface area contributed by atoms with E-state index in [-0.39, 0.29) is 17.4 Å². The molecule has 2 heterocycles. The van der Waals surface area contributed by atoms with E-state index in [1.165, 1.54) is 12.8 Å². The zero-order valence-corrected chi connectivity index (χ0v) is 16.9. The molecule has 0 bridgehead atoms. The molecule has 1 aliphatic rings. The second kappa shape index (κ2) is 9.48. The van der Waals surface area contributed by atoms with Gasteiger partial charge < -0.3 is 14.6 Å². The summed E-state index contributed by atoms with van der Waals surface area (Å²) in [5, 5.41) is 3.49. The molecule has 1 aliphatic heterocycles. The van der Waals surface area contributed by atoms with E-state index < -0.39 is 10.8 Å². The van der Waals surface area contributed by atoms with E-state index >= 15 is 0 Å². The lowest BCUT2D eigenvalue weighted by molar-refractivity contribution is -0.118. The highest BCUT2D eigenvalue weighted by Crippen LogP contribution is 2.24. The Morgan fingerprint density at radius 3 is 2.70 bits per heavy atom. The van der Waals surface area contributed by atoms with Crippen LogP contribution in [0.25, 0.3) is 11.5 Å². The van der Waals surface area contributed by atoms with Crippen LogP contribution >= 0.6 is 11.6 Å². The zero-order chi connectivity index (χ0) is 19.2. The van der Waals surface area contributed by atoms with Gasteiger partial charge in [-0.05, 0) is 57.1 Å². The number of carbonyl (C=O) groups excluding carboxylic acids is 1. The first-order valence-corrected chi connectivity index (χ1v) is 10.9. The Morgan fingerprint density at radius 1 is 1.30 bits per heavy atom. The van der Waals surface area contributed by atoms with Crippen LogP contribution < -0.4 is 5.32 Å². The highest BCUT2D eigenvalue weighted by molar-refractivity contribution is 7.84. The Balaban J connectivity index is 1.48. The molecule has 8 heteroatoms. The average molecular weight is 410 g/mol. The maximum atomic E-state index is 12.3. The third-order valence-electron chi connectivity index (χ3n) is 4.52. The smallest absolute Gasteiger partial charge is 0.232 e. The van der Waals surface area contributed by atoms with Crippen LogP contribution in [0.1, 0.15) is 24.3 Å². The van der Waals surface area contributed by atoms with E-state index in [1.54, 1.807) is 19.1 Å². The minimum atomic E-state index is -1.33. The van der Waals surface area contributed by atoms with Gasteiger partial charge in [0.15, 0.2) is 0 Å². The summed E-state index contributed by atoms with van der Waals surface area (Å²) in [6.45, 7) is 5.44. The second-order valence-corrected chi connectivity index (χ2v) is 8.55. The monoisotopic (exact) mass is 409 g/mol. The van der Waals surface area contributed by atoms with Gasteiger partial charge in [0.1, 0.15) is 11.5 Å². The van der Waals surface area contributed by atoms with Crippen molar-refractivity contribution in [2.24, 2.45) is 0 Å². The minimum Gasteiger partial charge on any atom is -0.441 e. The van der Waals surface area contributed by atoms with Crippen molar-refractivity contribution in [3.8, 4) is 11.5 Å². The Labute approximate surface area is 166 Å². The number of nitrogens with one attached hydrogen (secondary N) is 1. The van der Waals surface area contributed by atoms with Crippen LogP contribution in [0.5, 0.6) is 0 Å². The number of likely N-dealkylation sites (tertiary alicyclic amines) is 1. The molecule has 1 aromatic carbocycles. The predicted molar refractivity (Wildman–Crippen MR) is 107 cm³/mol. The molecule has 1 fully saturated rings. The van der Waals surface area contributed by atoms with E-state index in [0.29, 0.717) is 28.9 Å². The van der Waals surface area contributed by atoms with Gasteiger partial charge in [-0.1, -0.05) is 11.6 Å². The van der Waals surface area contributed by atoms with Crippen molar-refractivity contribution in [3.63, 3.8) is 0 Å². The topological polar surface area (TPSA) is 75.4 Å². The summed E-state index contributed by atoms with van der Waals surface area (Å²) >= 11 is 5.89. The largest absolute Gasteiger partial charge is 0.441 e. The van der Waals surface area contributed by atoms with Gasteiger partial charge in [0.2, 0.25) is 11.8 Å². The number of nitrogens with zero attached hydrogens (tertiary/aromatic N) is 2. The first-order valence-electron chi connectivity index (χ1n) is 9.07. The van der Waals surface area contributed by atoms with Crippen molar-refractivity contribution >= 4 is 28.3 Å². The molecule has 1 N–H and O–H groups in total. The fourth-order valence-electron chi connectivity index (χ4n) is 3.04. The molecule has 3 rings (SSSR count). The predicted octanol–water partition coefficient (Wildman–Crippen LogP) is 2.76. The molecule has 0 unspecified atom stereocenters. The lowest BCUT2D eigenvalue weighted by Gasteiger charge is -2.14. The number of benzene rings is 1. The first-order chi connectivity index (χ1) is 13.0. The van der Waals surface area contributed by atoms with Gasteiger partial charge in [0.25, 0.3) is 0 Å². The van der Waals surface area contributed by atoms with Gasteiger partial charge in [-0.3, -0.25) is 9.00 Å². The van der Waals surface area contributed by atoms with Gasteiger partial charge in [0, 0.05) is 34.5 Å². The number of rotatable bonds is 8. The Kier molecular flexibility index (Phi) is 7.04. The molecule has 0 saturated carbocycles. The van der Waals surface area contributed by atoms with Crippen molar-refractivity contribution in [3.05, 3.63) is 40.7 Å². The fourth-order valence-corrected chi connectivity index (χ4v) is 4.23. The molecule has 1 amide bonds. The van der Waals surface area contributed by atoms with E-state index in [4.69, 9.17) is 16.0 Å². The van der Waals surface area contributed by atoms with Gasteiger partial charge in [-0.2, -0.15) is 0 Å². The molecule has 0 spiro atoms. The molecule has 1 atom stereocenters. The van der Waals surface area contributed by atoms with Crippen LogP contribution in [0, 0.1) is 6.92 Å². The number of oxazole rings is 1. The third kappa shape index (κ3) is 5.89. The van der Waals surface area contributed by atoms with Crippen LogP contribution in [0.4, 0.5) is 0 Å². The molecule has 0 radical (unpaired) electrons. The van der Waals surface area contributed by atoms with E-state index in [9.17, 15) is 9.00 Å². The maximum Gasteiger partial charge on any atom is 0.232 e. The van der Waals surface area contributed by atoms with E-state index in [2.05, 4.69) is 15.2 Å². The molecular weight excluding hydrogens is 386 g/mol. The highest BCUT2D eigenvalue weighted by Gasteiger charge is 2.16. The van der Waals surface area contributed by atoms with Crippen LogP contribution in [-0.2, 0) is 21.3 Å². The number of amides is 1. The van der Waals surface area contributed by atoms with E-state index in [1.807, 2.05) is 12.1 Å². The van der Waals surface area contributed by atoms with Crippen LogP contribution in [0.2, 0.25) is 5.02 Å². The molecule has 1 saturated heterocycles. The summed E-state index contributed by atoms with van der Waals surface area (Å²) in [7, 11) is -1.33. The number of hydrogen-bond acceptors (Lipinski definition) is 5. The number of aromatic nitrogens is 1. The highest BCUT2D eigenvalue weighted by atomic mass is 35.5. The Morgan fingerprint density at radius 2 is 2.00 bits per heavy atom. The number of carbonyl (C=O) groups is 1. The first kappa shape index (κ1) is 20.0. The number of halogens is 1. The second-order valence-electron chi connectivity index (χ2n) is 6.66. The van der Waals surface area contributed by atoms with Crippen molar-refractivity contribution in [1.29, 1.82) is 0 Å². The quantitative estimate of drug-likeness (QED) is 0.725. The fraction of sp³-hybridized carbons (Fsp3) is 0.474. The Bertz CT molecular complexity index is 801. The molecule has 6 nitrogen and oxygen atoms in total. The lowest BCUT2D eigenvalue weighted by Crippen LogP contribution is -2.35. The summed E-state index contributed by atoms with van der Waals surface area (Å²) in [5.74, 6) is 1.06. The van der Waals surface area contributed by atoms with Crippen LogP contribution in [0.3, 0.4) is 0 Å². The summed E-state index contributed by atoms with van der Waals surface area (Å²) in [6.07, 6.45) is 2.46. The molecule has 27 heavy (non-hydrogen) atoms. The summed E-state index contributed by atoms with van der Waals surface area (Å²) in [6, 6.07) is 7.17. The van der Waals surface area contributed by atoms with Crippen molar-refractivity contribution in [1.82, 2.24) is 15.2 Å². The van der Waals surface area contributed by atoms with Gasteiger partial charge >= 0.3 is 0 Å². The number of hydrogen-bond donors (Lipinski definition) is 1. The summed E-state index contributed by atoms with van der Waals surface area (Å²) < 4.78 is 18.0. The molecule has 146 valence electrons. The van der Waals surface area contributed by atoms with Gasteiger partial charge in [0.05, 0.1) is 11.4 Å². The normalized spacial score (nSPS) is 15.8. The molecular formula is C19H24ClN3O3S. The van der Waals surface area contributed by atoms with Crippen molar-refractivity contribution in [2.75, 3.05) is 31.9 Å². The minimum absolute atomic E-state index is 0.0252. The van der Waals surface area contributed by atoms with Gasteiger partial charge in [-0.15, -0.1) is 0 Å². The zero-order valence-electron chi connectivity index (χ0n) is 15.4. The molecule has 0 aliphatic carbocycles. The SMILES string of the molecule is Cc1oc(-c2ccc(Cl)cc2)nc1C[S@@](=O)CC(=O)NCCN1CCCC1. The lowest BCUT2D eigenvalue weighted by atomic mass is 10.2. The van der Waals surface area contributed by atoms with Crippen molar-refractivity contribution < 1.29 is 13.4 Å². The van der Waals surface area contributed by atoms with Gasteiger partial charge in [-0.25, -0.2) is 4.98 Å². The number of aryl methyl sites for hydroxylation is 1. The molecule has 1 aromatic heterocycles. The summed E-state index contributed by atoms with van der Waals surface area (Å²) in [5.41, 5.74) is 1.42. The van der Waals surface area contributed by atoms with Crippen molar-refractivity contribution in [2.45, 2.75) is 25.5 Å². The maximum absolute atomic E-state index is 12.3. The van der Waals surface area contributed by atoms with Crippen LogP contribution in [0.15, 0.2) is 28.7 Å². The third-order valence-corrected chi connectivity index (χ3v) is 5.95. The standard InChI is InChI=1S/C19H24ClN3O3S/c1-14-17(22-19(26-14)15-4-6-16(20)7-5-15)12-27(25)13-18(24)21-8-11-23-9-2-3-10-23/h4-7H,2-3,8-13H2,1H3,(H,21,24)/t27-/m1/s1. The van der Waals surface area contributed by atoms with E-state index in [0.717, 1.165) is 25.2 Å². The summed E-state index contributed by atoms with van der Waals surface area (Å²) in [4.78, 5) is 18.7. The Hall–Kier alpha value is -1.70. The average Bonchev–Trinajstić information content (AvgIpc) is 3.26. The molecule has 2 aromatic rings. The van der Waals surface area contributed by atoms with Crippen LogP contribution in [-0.4, -0.2) is 51.9 Å².